The largest absolute Gasteiger partial charge is 0.388 e. The number of halogens is 3. The molecule has 0 spiro atoms. The number of rotatable bonds is 4. The van der Waals surface area contributed by atoms with Gasteiger partial charge in [-0.25, -0.2) is 8.78 Å². The van der Waals surface area contributed by atoms with E-state index in [-0.39, 0.29) is 16.1 Å². The van der Waals surface area contributed by atoms with E-state index >= 15 is 0 Å². The van der Waals surface area contributed by atoms with Gasteiger partial charge >= 0.3 is 0 Å². The van der Waals surface area contributed by atoms with Crippen LogP contribution in [0, 0.1) is 11.6 Å². The molecule has 1 heterocycles. The van der Waals surface area contributed by atoms with Gasteiger partial charge < -0.3 is 9.84 Å². The highest BCUT2D eigenvalue weighted by Crippen LogP contribution is 2.30. The first-order chi connectivity index (χ1) is 8.59. The van der Waals surface area contributed by atoms with E-state index in [0.29, 0.717) is 12.8 Å². The Labute approximate surface area is 113 Å². The van der Waals surface area contributed by atoms with Crippen molar-refractivity contribution in [1.82, 2.24) is 0 Å². The van der Waals surface area contributed by atoms with Crippen molar-refractivity contribution < 1.29 is 18.6 Å². The molecular weight excluding hydrogens is 306 g/mol. The van der Waals surface area contributed by atoms with Crippen LogP contribution >= 0.6 is 15.9 Å². The first-order valence-electron chi connectivity index (χ1n) is 6.02. The fourth-order valence-electron chi connectivity index (χ4n) is 2.21. The van der Waals surface area contributed by atoms with E-state index in [4.69, 9.17) is 4.74 Å². The highest BCUT2D eigenvalue weighted by molar-refractivity contribution is 9.10. The first-order valence-corrected chi connectivity index (χ1v) is 6.82. The lowest BCUT2D eigenvalue weighted by molar-refractivity contribution is 0.0792. The summed E-state index contributed by atoms with van der Waals surface area (Å²) >= 11 is 2.99. The average Bonchev–Trinajstić information content (AvgIpc) is 2.85. The zero-order valence-electron chi connectivity index (χ0n) is 9.83. The summed E-state index contributed by atoms with van der Waals surface area (Å²) in [6.07, 6.45) is 1.86. The smallest absolute Gasteiger partial charge is 0.146 e. The predicted octanol–water partition coefficient (Wildman–Crippen LogP) is 3.72. The molecule has 2 nitrogen and oxygen atoms in total. The summed E-state index contributed by atoms with van der Waals surface area (Å²) in [6, 6.07) is 2.44. The Hall–Kier alpha value is -0.520. The van der Waals surface area contributed by atoms with Gasteiger partial charge in [0.15, 0.2) is 0 Å². The number of hydrogen-bond acceptors (Lipinski definition) is 2. The molecule has 2 atom stereocenters. The monoisotopic (exact) mass is 320 g/mol. The molecule has 1 N–H and O–H groups in total. The van der Waals surface area contributed by atoms with Crippen molar-refractivity contribution in [1.29, 1.82) is 0 Å². The van der Waals surface area contributed by atoms with Gasteiger partial charge in [0.1, 0.15) is 11.6 Å². The van der Waals surface area contributed by atoms with Gasteiger partial charge in [0, 0.05) is 6.61 Å². The number of aliphatic hydroxyl groups excluding tert-OH is 1. The molecule has 0 saturated carbocycles. The lowest BCUT2D eigenvalue weighted by Crippen LogP contribution is -2.10. The van der Waals surface area contributed by atoms with Crippen LogP contribution in [0.2, 0.25) is 0 Å². The second-order valence-electron chi connectivity index (χ2n) is 4.49. The Morgan fingerprint density at radius 3 is 2.89 bits per heavy atom. The van der Waals surface area contributed by atoms with Crippen molar-refractivity contribution in [3.63, 3.8) is 0 Å². The number of ether oxygens (including phenoxy) is 1. The van der Waals surface area contributed by atoms with Crippen LogP contribution in [-0.4, -0.2) is 17.8 Å². The molecule has 0 amide bonds. The van der Waals surface area contributed by atoms with Crippen LogP contribution in [0.1, 0.15) is 37.4 Å². The number of benzene rings is 1. The standard InChI is InChI=1S/C13H15BrF2O2/c14-9-4-5-10(15)12(13(9)16)11(17)6-3-8-2-1-7-18-8/h4-5,8,11,17H,1-3,6-7H2. The Bertz CT molecular complexity index is 420. The minimum atomic E-state index is -1.13. The minimum Gasteiger partial charge on any atom is -0.388 e. The summed E-state index contributed by atoms with van der Waals surface area (Å²) < 4.78 is 32.8. The van der Waals surface area contributed by atoms with E-state index in [1.807, 2.05) is 0 Å². The fraction of sp³-hybridized carbons (Fsp3) is 0.538. The van der Waals surface area contributed by atoms with Gasteiger partial charge in [-0.15, -0.1) is 0 Å². The van der Waals surface area contributed by atoms with Crippen LogP contribution in [0.4, 0.5) is 8.78 Å². The molecule has 1 aromatic carbocycles. The molecule has 1 aromatic rings. The van der Waals surface area contributed by atoms with Crippen molar-refractivity contribution in [2.45, 2.75) is 37.9 Å². The van der Waals surface area contributed by atoms with Crippen LogP contribution in [0.25, 0.3) is 0 Å². The summed E-state index contributed by atoms with van der Waals surface area (Å²) in [7, 11) is 0. The molecule has 5 heteroatoms. The molecular formula is C13H15BrF2O2. The first kappa shape index (κ1) is 13.9. The molecule has 0 aliphatic carbocycles. The zero-order chi connectivity index (χ0) is 13.1. The maximum absolute atomic E-state index is 13.7. The SMILES string of the molecule is OC(CCC1CCCO1)c1c(F)ccc(Br)c1F. The maximum Gasteiger partial charge on any atom is 0.146 e. The molecule has 1 aliphatic heterocycles. The van der Waals surface area contributed by atoms with Gasteiger partial charge in [0.05, 0.1) is 22.2 Å². The third-order valence-corrected chi connectivity index (χ3v) is 3.81. The van der Waals surface area contributed by atoms with Crippen LogP contribution in [-0.2, 0) is 4.74 Å². The van der Waals surface area contributed by atoms with Gasteiger partial charge in [-0.05, 0) is 53.7 Å². The van der Waals surface area contributed by atoms with Crippen LogP contribution in [0.3, 0.4) is 0 Å². The van der Waals surface area contributed by atoms with E-state index in [1.165, 1.54) is 6.07 Å². The number of hydrogen-bond donors (Lipinski definition) is 1. The third-order valence-electron chi connectivity index (χ3n) is 3.20. The number of aliphatic hydroxyl groups is 1. The van der Waals surface area contributed by atoms with Gasteiger partial charge in [-0.1, -0.05) is 0 Å². The van der Waals surface area contributed by atoms with E-state index in [2.05, 4.69) is 15.9 Å². The summed E-state index contributed by atoms with van der Waals surface area (Å²) in [5.74, 6) is -1.44. The molecule has 2 rings (SSSR count). The second-order valence-corrected chi connectivity index (χ2v) is 5.34. The Balaban J connectivity index is 2.03. The molecule has 18 heavy (non-hydrogen) atoms. The molecule has 2 unspecified atom stereocenters. The Kier molecular flexibility index (Phi) is 4.70. The van der Waals surface area contributed by atoms with Gasteiger partial charge in [0.25, 0.3) is 0 Å². The van der Waals surface area contributed by atoms with Crippen molar-refractivity contribution >= 4 is 15.9 Å². The summed E-state index contributed by atoms with van der Waals surface area (Å²) in [6.45, 7) is 0.736. The molecule has 1 aliphatic rings. The van der Waals surface area contributed by atoms with Crippen LogP contribution < -0.4 is 0 Å². The molecule has 0 radical (unpaired) electrons. The van der Waals surface area contributed by atoms with Crippen LogP contribution in [0.5, 0.6) is 0 Å². The molecule has 0 aromatic heterocycles. The van der Waals surface area contributed by atoms with Crippen molar-refractivity contribution in [2.24, 2.45) is 0 Å². The normalized spacial score (nSPS) is 21.2. The maximum atomic E-state index is 13.7. The summed E-state index contributed by atoms with van der Waals surface area (Å²) in [5.41, 5.74) is -0.262. The lowest BCUT2D eigenvalue weighted by Gasteiger charge is -2.16. The highest BCUT2D eigenvalue weighted by atomic mass is 79.9. The topological polar surface area (TPSA) is 29.5 Å². The fourth-order valence-corrected chi connectivity index (χ4v) is 2.55. The third kappa shape index (κ3) is 3.08. The van der Waals surface area contributed by atoms with E-state index in [1.54, 1.807) is 0 Å². The highest BCUT2D eigenvalue weighted by Gasteiger charge is 2.22. The van der Waals surface area contributed by atoms with Gasteiger partial charge in [-0.3, -0.25) is 0 Å². The lowest BCUT2D eigenvalue weighted by atomic mass is 10.0. The molecule has 1 saturated heterocycles. The summed E-state index contributed by atoms with van der Waals surface area (Å²) in [5, 5.41) is 9.91. The van der Waals surface area contributed by atoms with Crippen molar-refractivity contribution in [3.8, 4) is 0 Å². The zero-order valence-corrected chi connectivity index (χ0v) is 11.4. The van der Waals surface area contributed by atoms with Gasteiger partial charge in [0.2, 0.25) is 0 Å². The average molecular weight is 321 g/mol. The van der Waals surface area contributed by atoms with E-state index in [0.717, 1.165) is 25.5 Å². The minimum absolute atomic E-state index is 0.109. The molecule has 0 bridgehead atoms. The predicted molar refractivity (Wildman–Crippen MR) is 67.2 cm³/mol. The van der Waals surface area contributed by atoms with Crippen molar-refractivity contribution in [2.75, 3.05) is 6.61 Å². The Morgan fingerprint density at radius 1 is 1.44 bits per heavy atom. The Morgan fingerprint density at radius 2 is 2.22 bits per heavy atom. The molecule has 100 valence electrons. The summed E-state index contributed by atoms with van der Waals surface area (Å²) in [4.78, 5) is 0. The van der Waals surface area contributed by atoms with Gasteiger partial charge in [-0.2, -0.15) is 0 Å². The quantitative estimate of drug-likeness (QED) is 0.857. The second kappa shape index (κ2) is 6.08. The van der Waals surface area contributed by atoms with E-state index in [9.17, 15) is 13.9 Å². The van der Waals surface area contributed by atoms with Crippen molar-refractivity contribution in [3.05, 3.63) is 33.8 Å². The van der Waals surface area contributed by atoms with Crippen LogP contribution in [0.15, 0.2) is 16.6 Å². The van der Waals surface area contributed by atoms with E-state index < -0.39 is 17.7 Å². The molecule has 1 fully saturated rings.